The smallest absolute Gasteiger partial charge is 0.234 e. The number of carbonyl (C=O) groups excluding carboxylic acids is 1. The van der Waals surface area contributed by atoms with Crippen LogP contribution in [-0.2, 0) is 11.3 Å². The van der Waals surface area contributed by atoms with Gasteiger partial charge in [0.2, 0.25) is 5.91 Å². The van der Waals surface area contributed by atoms with Crippen LogP contribution in [-0.4, -0.2) is 36.5 Å². The molecule has 122 valence electrons. The van der Waals surface area contributed by atoms with E-state index in [0.29, 0.717) is 24.6 Å². The molecule has 2 rings (SSSR count). The van der Waals surface area contributed by atoms with Crippen LogP contribution in [0.25, 0.3) is 0 Å². The summed E-state index contributed by atoms with van der Waals surface area (Å²) < 4.78 is 13.5. The second kappa shape index (κ2) is 7.70. The number of nitrogens with one attached hydrogen (secondary N) is 1. The molecular weight excluding hydrogens is 281 g/mol. The van der Waals surface area contributed by atoms with Gasteiger partial charge in [-0.15, -0.1) is 0 Å². The zero-order chi connectivity index (χ0) is 16.1. The molecule has 1 aliphatic heterocycles. The van der Waals surface area contributed by atoms with Gasteiger partial charge in [-0.1, -0.05) is 12.1 Å². The number of likely N-dealkylation sites (tertiary alicyclic amines) is 1. The molecule has 0 bridgehead atoms. The number of aryl methyl sites for hydroxylation is 1. The summed E-state index contributed by atoms with van der Waals surface area (Å²) in [5.74, 6) is 0.210. The molecule has 2 atom stereocenters. The Bertz CT molecular complexity index is 519. The van der Waals surface area contributed by atoms with Crippen LogP contribution in [0.3, 0.4) is 0 Å². The van der Waals surface area contributed by atoms with Gasteiger partial charge in [0.15, 0.2) is 0 Å². The summed E-state index contributed by atoms with van der Waals surface area (Å²) in [7, 11) is 0. The van der Waals surface area contributed by atoms with Gasteiger partial charge in [0, 0.05) is 19.1 Å². The van der Waals surface area contributed by atoms with Crippen molar-refractivity contribution in [3.8, 4) is 0 Å². The molecule has 2 unspecified atom stereocenters. The molecule has 22 heavy (non-hydrogen) atoms. The molecule has 1 amide bonds. The van der Waals surface area contributed by atoms with E-state index in [1.54, 1.807) is 13.0 Å². The highest BCUT2D eigenvalue weighted by molar-refractivity contribution is 5.78. The largest absolute Gasteiger partial charge is 0.351 e. The summed E-state index contributed by atoms with van der Waals surface area (Å²) in [5.41, 5.74) is 7.36. The molecule has 1 fully saturated rings. The van der Waals surface area contributed by atoms with Gasteiger partial charge in [-0.05, 0) is 56.3 Å². The predicted molar refractivity (Wildman–Crippen MR) is 85.8 cm³/mol. The van der Waals surface area contributed by atoms with Crippen molar-refractivity contribution in [2.45, 2.75) is 39.3 Å². The Balaban J connectivity index is 1.79. The highest BCUT2D eigenvalue weighted by atomic mass is 19.1. The van der Waals surface area contributed by atoms with Gasteiger partial charge in [0.1, 0.15) is 5.82 Å². The van der Waals surface area contributed by atoms with Crippen molar-refractivity contribution in [3.05, 3.63) is 35.1 Å². The molecule has 0 aliphatic carbocycles. The minimum Gasteiger partial charge on any atom is -0.351 e. The van der Waals surface area contributed by atoms with Crippen LogP contribution in [0.5, 0.6) is 0 Å². The maximum atomic E-state index is 13.5. The zero-order valence-electron chi connectivity index (χ0n) is 13.4. The SMILES string of the molecule is Cc1ccc(CNC(=O)CN2CCCC(C(C)N)C2)cc1F. The van der Waals surface area contributed by atoms with Crippen LogP contribution in [0, 0.1) is 18.7 Å². The monoisotopic (exact) mass is 307 g/mol. The van der Waals surface area contributed by atoms with E-state index in [1.165, 1.54) is 6.07 Å². The van der Waals surface area contributed by atoms with Gasteiger partial charge in [-0.25, -0.2) is 4.39 Å². The average molecular weight is 307 g/mol. The molecule has 5 heteroatoms. The molecule has 1 heterocycles. The Morgan fingerprint density at radius 2 is 2.32 bits per heavy atom. The van der Waals surface area contributed by atoms with Crippen molar-refractivity contribution in [1.29, 1.82) is 0 Å². The third-order valence-corrected chi connectivity index (χ3v) is 4.38. The predicted octanol–water partition coefficient (Wildman–Crippen LogP) is 1.81. The van der Waals surface area contributed by atoms with Crippen LogP contribution in [0.2, 0.25) is 0 Å². The Kier molecular flexibility index (Phi) is 5.91. The second-order valence-electron chi connectivity index (χ2n) is 6.36. The summed E-state index contributed by atoms with van der Waals surface area (Å²) in [6.45, 7) is 6.32. The molecule has 4 nitrogen and oxygen atoms in total. The third kappa shape index (κ3) is 4.78. The Morgan fingerprint density at radius 3 is 3.00 bits per heavy atom. The topological polar surface area (TPSA) is 58.4 Å². The van der Waals surface area contributed by atoms with Gasteiger partial charge < -0.3 is 11.1 Å². The normalized spacial score (nSPS) is 20.6. The van der Waals surface area contributed by atoms with Crippen LogP contribution in [0.4, 0.5) is 4.39 Å². The van der Waals surface area contributed by atoms with E-state index in [1.807, 2.05) is 13.0 Å². The summed E-state index contributed by atoms with van der Waals surface area (Å²) in [5, 5.41) is 2.86. The number of carbonyl (C=O) groups is 1. The minimum absolute atomic E-state index is 0.0219. The van der Waals surface area contributed by atoms with E-state index in [0.717, 1.165) is 31.5 Å². The van der Waals surface area contributed by atoms with E-state index in [-0.39, 0.29) is 17.8 Å². The molecule has 0 radical (unpaired) electrons. The van der Waals surface area contributed by atoms with Crippen molar-refractivity contribution in [1.82, 2.24) is 10.2 Å². The molecule has 0 spiro atoms. The number of nitrogens with two attached hydrogens (primary N) is 1. The summed E-state index contributed by atoms with van der Waals surface area (Å²) in [6.07, 6.45) is 2.22. The van der Waals surface area contributed by atoms with Crippen molar-refractivity contribution in [2.75, 3.05) is 19.6 Å². The first-order chi connectivity index (χ1) is 10.5. The van der Waals surface area contributed by atoms with Crippen molar-refractivity contribution < 1.29 is 9.18 Å². The molecule has 0 saturated carbocycles. The van der Waals surface area contributed by atoms with Crippen molar-refractivity contribution in [3.63, 3.8) is 0 Å². The molecular formula is C17H26FN3O. The minimum atomic E-state index is -0.234. The highest BCUT2D eigenvalue weighted by Gasteiger charge is 2.23. The van der Waals surface area contributed by atoms with E-state index >= 15 is 0 Å². The number of rotatable bonds is 5. The van der Waals surface area contributed by atoms with Gasteiger partial charge in [0.25, 0.3) is 0 Å². The molecule has 0 aromatic heterocycles. The van der Waals surface area contributed by atoms with Crippen LogP contribution in [0.1, 0.15) is 30.9 Å². The number of halogens is 1. The van der Waals surface area contributed by atoms with E-state index < -0.39 is 0 Å². The number of benzene rings is 1. The fourth-order valence-electron chi connectivity index (χ4n) is 2.87. The fourth-order valence-corrected chi connectivity index (χ4v) is 2.87. The van der Waals surface area contributed by atoms with E-state index in [4.69, 9.17) is 5.73 Å². The van der Waals surface area contributed by atoms with Gasteiger partial charge in [0.05, 0.1) is 6.54 Å². The fraction of sp³-hybridized carbons (Fsp3) is 0.588. The molecule has 3 N–H and O–H groups in total. The molecule has 1 aromatic carbocycles. The maximum absolute atomic E-state index is 13.5. The Labute approximate surface area is 131 Å². The van der Waals surface area contributed by atoms with Gasteiger partial charge in [-0.3, -0.25) is 9.69 Å². The van der Waals surface area contributed by atoms with Crippen molar-refractivity contribution >= 4 is 5.91 Å². The second-order valence-corrected chi connectivity index (χ2v) is 6.36. The van der Waals surface area contributed by atoms with Crippen LogP contribution >= 0.6 is 0 Å². The van der Waals surface area contributed by atoms with E-state index in [9.17, 15) is 9.18 Å². The molecule has 1 aromatic rings. The van der Waals surface area contributed by atoms with Crippen molar-refractivity contribution in [2.24, 2.45) is 11.7 Å². The lowest BCUT2D eigenvalue weighted by atomic mass is 9.92. The van der Waals surface area contributed by atoms with Gasteiger partial charge >= 0.3 is 0 Å². The first-order valence-electron chi connectivity index (χ1n) is 7.95. The maximum Gasteiger partial charge on any atom is 0.234 e. The number of amides is 1. The number of piperidine rings is 1. The number of hydrogen-bond donors (Lipinski definition) is 2. The Morgan fingerprint density at radius 1 is 1.55 bits per heavy atom. The standard InChI is InChI=1S/C17H26FN3O/c1-12-5-6-14(8-16(12)18)9-20-17(22)11-21-7-3-4-15(10-21)13(2)19/h5-6,8,13,15H,3-4,7,9-11,19H2,1-2H3,(H,20,22). The summed E-state index contributed by atoms with van der Waals surface area (Å²) >= 11 is 0. The quantitative estimate of drug-likeness (QED) is 0.872. The molecule has 1 aliphatic rings. The first kappa shape index (κ1) is 16.9. The van der Waals surface area contributed by atoms with E-state index in [2.05, 4.69) is 10.2 Å². The number of nitrogens with zero attached hydrogens (tertiary/aromatic N) is 1. The Hall–Kier alpha value is -1.46. The lowest BCUT2D eigenvalue weighted by Gasteiger charge is -2.34. The van der Waals surface area contributed by atoms with Crippen LogP contribution < -0.4 is 11.1 Å². The summed E-state index contributed by atoms with van der Waals surface area (Å²) in [6, 6.07) is 5.21. The lowest BCUT2D eigenvalue weighted by Crippen LogP contribution is -2.46. The third-order valence-electron chi connectivity index (χ3n) is 4.38. The summed E-state index contributed by atoms with van der Waals surface area (Å²) in [4.78, 5) is 14.2. The van der Waals surface area contributed by atoms with Crippen LogP contribution in [0.15, 0.2) is 18.2 Å². The average Bonchev–Trinajstić information content (AvgIpc) is 2.49. The highest BCUT2D eigenvalue weighted by Crippen LogP contribution is 2.18. The molecule has 1 saturated heterocycles. The first-order valence-corrected chi connectivity index (χ1v) is 7.95. The lowest BCUT2D eigenvalue weighted by molar-refractivity contribution is -0.122. The number of hydrogen-bond acceptors (Lipinski definition) is 3. The zero-order valence-corrected chi connectivity index (χ0v) is 13.4. The van der Waals surface area contributed by atoms with Gasteiger partial charge in [-0.2, -0.15) is 0 Å².